The Morgan fingerprint density at radius 3 is 0.878 bits per heavy atom. The van der Waals surface area contributed by atoms with Gasteiger partial charge in [0.2, 0.25) is 0 Å². The molecule has 0 aromatic rings. The minimum Gasteiger partial charge on any atom is -0.381 e. The lowest BCUT2D eigenvalue weighted by Crippen LogP contribution is -2.17. The van der Waals surface area contributed by atoms with Crippen molar-refractivity contribution in [2.24, 2.45) is 23.7 Å². The first-order chi connectivity index (χ1) is 22.6. The van der Waals surface area contributed by atoms with Crippen LogP contribution in [0.2, 0.25) is 0 Å². The second kappa shape index (κ2) is 39.1. The van der Waals surface area contributed by atoms with Crippen LogP contribution in [-0.4, -0.2) is 38.6 Å². The van der Waals surface area contributed by atoms with Gasteiger partial charge < -0.3 is 14.2 Å². The van der Waals surface area contributed by atoms with E-state index in [1.165, 1.54) is 173 Å². The van der Waals surface area contributed by atoms with Crippen LogP contribution in [0.3, 0.4) is 0 Å². The maximum Gasteiger partial charge on any atom is 0.0573 e. The molecule has 6 fully saturated rings. The van der Waals surface area contributed by atoms with Gasteiger partial charge >= 0.3 is 0 Å². The van der Waals surface area contributed by atoms with Crippen LogP contribution >= 0.6 is 0 Å². The Bertz CT molecular complexity index is 485. The largest absolute Gasteiger partial charge is 0.381 e. The summed E-state index contributed by atoms with van der Waals surface area (Å²) in [7, 11) is 0. The van der Waals surface area contributed by atoms with E-state index in [2.05, 4.69) is 41.5 Å². The van der Waals surface area contributed by atoms with Gasteiger partial charge in [0.15, 0.2) is 0 Å². The molecule has 0 aromatic carbocycles. The zero-order chi connectivity index (χ0) is 33.5. The van der Waals surface area contributed by atoms with Crippen LogP contribution in [0.1, 0.15) is 237 Å². The summed E-state index contributed by atoms with van der Waals surface area (Å²) in [4.78, 5) is 0. The number of hydrogen-bond donors (Lipinski definition) is 0. The average molecular weight is 699 g/mol. The number of hydrogen-bond acceptors (Lipinski definition) is 3. The first-order valence-electron chi connectivity index (χ1n) is 21.4. The second-order valence-electron chi connectivity index (χ2n) is 15.3. The van der Waals surface area contributed by atoms with Crippen LogP contribution in [-0.2, 0) is 14.2 Å². The predicted octanol–water partition coefficient (Wildman–Crippen LogP) is 15.8. The molecule has 0 spiro atoms. The minimum atomic E-state index is 0. The van der Waals surface area contributed by atoms with Crippen molar-refractivity contribution in [3.8, 4) is 0 Å². The topological polar surface area (TPSA) is 27.7 Å². The molecule has 6 aliphatic rings. The second-order valence-corrected chi connectivity index (χ2v) is 15.3. The molecule has 6 rings (SSSR count). The fraction of sp³-hybridized carbons (Fsp3) is 1.00. The molecule has 0 amide bonds. The Morgan fingerprint density at radius 1 is 0.327 bits per heavy atom. The third kappa shape index (κ3) is 30.1. The zero-order valence-electron chi connectivity index (χ0n) is 32.6. The third-order valence-corrected chi connectivity index (χ3v) is 11.7. The van der Waals surface area contributed by atoms with Gasteiger partial charge in [0.25, 0.3) is 0 Å². The van der Waals surface area contributed by atoms with Crippen molar-refractivity contribution in [2.75, 3.05) is 26.4 Å². The van der Waals surface area contributed by atoms with E-state index in [-0.39, 0.29) is 22.3 Å². The van der Waals surface area contributed by atoms with Crippen LogP contribution in [0.4, 0.5) is 0 Å². The Labute approximate surface area is 313 Å². The first kappa shape index (κ1) is 53.2. The van der Waals surface area contributed by atoms with E-state index >= 15 is 0 Å². The van der Waals surface area contributed by atoms with Gasteiger partial charge in [0.1, 0.15) is 0 Å². The molecule has 3 aliphatic carbocycles. The molecule has 3 nitrogen and oxygen atoms in total. The van der Waals surface area contributed by atoms with Crippen molar-refractivity contribution in [2.45, 2.75) is 249 Å². The average Bonchev–Trinajstić information content (AvgIpc) is 3.90. The highest BCUT2D eigenvalue weighted by atomic mass is 16.5. The van der Waals surface area contributed by atoms with E-state index in [0.717, 1.165) is 50.1 Å². The summed E-state index contributed by atoms with van der Waals surface area (Å²) in [6.07, 6.45) is 39.3. The van der Waals surface area contributed by atoms with Gasteiger partial charge in [0, 0.05) is 26.4 Å². The maximum atomic E-state index is 5.43. The minimum absolute atomic E-state index is 0. The van der Waals surface area contributed by atoms with Gasteiger partial charge in [-0.25, -0.2) is 0 Å². The Balaban J connectivity index is -0.000000512. The molecule has 3 atom stereocenters. The first-order valence-corrected chi connectivity index (χ1v) is 21.4. The maximum absolute atomic E-state index is 5.43. The van der Waals surface area contributed by atoms with E-state index < -0.39 is 0 Å². The van der Waals surface area contributed by atoms with Crippen LogP contribution in [0.15, 0.2) is 0 Å². The Kier molecular flexibility index (Phi) is 42.5. The summed E-state index contributed by atoms with van der Waals surface area (Å²) in [5.74, 6) is 4.14. The molecule has 3 aliphatic heterocycles. The predicted molar refractivity (Wildman–Crippen MR) is 223 cm³/mol. The van der Waals surface area contributed by atoms with E-state index in [1.54, 1.807) is 0 Å². The fourth-order valence-electron chi connectivity index (χ4n) is 7.83. The molecule has 49 heavy (non-hydrogen) atoms. The smallest absolute Gasteiger partial charge is 0.0573 e. The molecule has 0 radical (unpaired) electrons. The SMILES string of the molecule is C.C.C.CCC1CCCC1.CCC1CCCCC1.CCC1CCCCC1.CCC1CCCCO1.CCC1CCCO1.CCC1CCCOC1. The van der Waals surface area contributed by atoms with Crippen LogP contribution in [0.25, 0.3) is 0 Å². The molecule has 3 heterocycles. The van der Waals surface area contributed by atoms with Gasteiger partial charge in [-0.15, -0.1) is 0 Å². The van der Waals surface area contributed by atoms with Crippen molar-refractivity contribution >= 4 is 0 Å². The van der Waals surface area contributed by atoms with Gasteiger partial charge in [0.05, 0.1) is 12.2 Å². The highest BCUT2D eigenvalue weighted by Crippen LogP contribution is 2.27. The van der Waals surface area contributed by atoms with Crippen molar-refractivity contribution < 1.29 is 14.2 Å². The van der Waals surface area contributed by atoms with Crippen molar-refractivity contribution in [3.05, 3.63) is 0 Å². The van der Waals surface area contributed by atoms with Gasteiger partial charge in [-0.1, -0.05) is 179 Å². The molecule has 0 N–H and O–H groups in total. The number of rotatable bonds is 6. The summed E-state index contributed by atoms with van der Waals surface area (Å²) >= 11 is 0. The van der Waals surface area contributed by atoms with Crippen molar-refractivity contribution in [1.82, 2.24) is 0 Å². The Hall–Kier alpha value is -0.120. The van der Waals surface area contributed by atoms with Crippen LogP contribution in [0.5, 0.6) is 0 Å². The molecule has 3 heteroatoms. The monoisotopic (exact) mass is 699 g/mol. The fourth-order valence-corrected chi connectivity index (χ4v) is 7.83. The lowest BCUT2D eigenvalue weighted by Gasteiger charge is -2.20. The van der Waals surface area contributed by atoms with Gasteiger partial charge in [-0.2, -0.15) is 0 Å². The van der Waals surface area contributed by atoms with E-state index in [1.807, 2.05) is 0 Å². The van der Waals surface area contributed by atoms with Gasteiger partial charge in [-0.3, -0.25) is 0 Å². The molecule has 300 valence electrons. The van der Waals surface area contributed by atoms with Gasteiger partial charge in [-0.05, 0) is 81.5 Å². The lowest BCUT2D eigenvalue weighted by molar-refractivity contribution is 0.0143. The molecule has 0 bridgehead atoms. The van der Waals surface area contributed by atoms with E-state index in [0.29, 0.717) is 12.2 Å². The lowest BCUT2D eigenvalue weighted by atomic mass is 9.88. The molecular weight excluding hydrogens is 601 g/mol. The number of ether oxygens (including phenoxy) is 3. The van der Waals surface area contributed by atoms with Crippen molar-refractivity contribution in [1.29, 1.82) is 0 Å². The molecule has 3 saturated heterocycles. The summed E-state index contributed by atoms with van der Waals surface area (Å²) in [5, 5.41) is 0. The standard InChI is InChI=1S/2C8H16.2C7H14O.C7H14.C6H12O.3CH4/c2*1-2-8-6-4-3-5-7-8;1-2-7-4-3-5-8-6-7;1-2-7-5-3-4-6-8-7;1-2-7-5-3-4-6-7;1-2-6-4-3-5-7-6;;;/h2*8H,2-7H2,1H3;2*7H,2-6H2,1H3;7H,2-6H2,1H3;6H,2-5H2,1H3;3*1H4. The Morgan fingerprint density at radius 2 is 0.653 bits per heavy atom. The summed E-state index contributed by atoms with van der Waals surface area (Å²) in [6, 6.07) is 0. The quantitative estimate of drug-likeness (QED) is 0.276. The zero-order valence-corrected chi connectivity index (χ0v) is 32.6. The van der Waals surface area contributed by atoms with Crippen molar-refractivity contribution in [3.63, 3.8) is 0 Å². The molecule has 3 unspecified atom stereocenters. The molecular formula is C46H98O3. The van der Waals surface area contributed by atoms with Crippen LogP contribution in [0, 0.1) is 23.7 Å². The summed E-state index contributed by atoms with van der Waals surface area (Å²) in [6.45, 7) is 17.5. The highest BCUT2D eigenvalue weighted by molar-refractivity contribution is 4.66. The normalized spacial score (nSPS) is 25.5. The van der Waals surface area contributed by atoms with E-state index in [4.69, 9.17) is 14.2 Å². The third-order valence-electron chi connectivity index (χ3n) is 11.7. The summed E-state index contributed by atoms with van der Waals surface area (Å²) < 4.78 is 16.0. The van der Waals surface area contributed by atoms with Crippen LogP contribution < -0.4 is 0 Å². The molecule has 3 saturated carbocycles. The molecule has 0 aromatic heterocycles. The summed E-state index contributed by atoms with van der Waals surface area (Å²) in [5.41, 5.74) is 0. The van der Waals surface area contributed by atoms with E-state index in [9.17, 15) is 0 Å². The highest BCUT2D eigenvalue weighted by Gasteiger charge is 2.13.